The van der Waals surface area contributed by atoms with Gasteiger partial charge in [0.1, 0.15) is 0 Å². The van der Waals surface area contributed by atoms with E-state index in [0.29, 0.717) is 0 Å². The maximum Gasteiger partial charge on any atom is 0.475 e. The van der Waals surface area contributed by atoms with Crippen LogP contribution >= 0.6 is 7.94 Å². The van der Waals surface area contributed by atoms with Crippen molar-refractivity contribution >= 4 is 14.0 Å². The fourth-order valence-corrected chi connectivity index (χ4v) is 0. The Kier molecular flexibility index (Phi) is 5.41. The Morgan fingerprint density at radius 1 is 1.29 bits per heavy atom. The van der Waals surface area contributed by atoms with Gasteiger partial charge in [0.2, 0.25) is 0 Å². The van der Waals surface area contributed by atoms with Crippen LogP contribution in [-0.2, 0) is 24.3 Å². The number of carbonyl (C=O) groups excluding carboxylic acids is 1. The normalized spacial score (nSPS) is 9.57. The van der Waals surface area contributed by atoms with Crippen molar-refractivity contribution in [1.29, 1.82) is 0 Å². The third-order valence-electron chi connectivity index (χ3n) is 0.141. The van der Waals surface area contributed by atoms with E-state index >= 15 is 0 Å². The molecule has 3 N–H and O–H groups in total. The number of rotatable bonds is 1. The van der Waals surface area contributed by atoms with Crippen molar-refractivity contribution in [2.45, 2.75) is 0 Å². The summed E-state index contributed by atoms with van der Waals surface area (Å²) in [7, 11) is -4.08. The van der Waals surface area contributed by atoms with Gasteiger partial charge in [-0.1, -0.05) is 0 Å². The van der Waals surface area contributed by atoms with Gasteiger partial charge in [-0.25, -0.2) is 4.79 Å². The molecule has 0 unspecified atom stereocenters. The van der Waals surface area contributed by atoms with Crippen LogP contribution in [0.4, 0.5) is 0 Å². The number of carbonyl (C=O) groups is 1. The van der Waals surface area contributed by atoms with E-state index in [2.05, 4.69) is 0 Å². The van der Waals surface area contributed by atoms with Gasteiger partial charge in [-0.05, 0) is 0 Å². The largest absolute Gasteiger partial charge is 0.475 e. The minimum atomic E-state index is -4.08. The van der Waals surface area contributed by atoms with E-state index in [4.69, 9.17) is 19.5 Å². The van der Waals surface area contributed by atoms with Crippen LogP contribution in [0.5, 0.6) is 0 Å². The van der Waals surface area contributed by atoms with Crippen LogP contribution in [0.3, 0.4) is 0 Å². The van der Waals surface area contributed by atoms with Crippen molar-refractivity contribution in [3.8, 4) is 0 Å². The predicted octanol–water partition coefficient (Wildman–Crippen LogP) is -1.09. The molecule has 0 aliphatic carbocycles. The molecule has 0 aromatic rings. The fraction of sp³-hybridized carbons (Fsp3) is 0. The summed E-state index contributed by atoms with van der Waals surface area (Å²) in [4.78, 5) is 32.2. The van der Waals surface area contributed by atoms with E-state index in [1.165, 1.54) is 0 Å². The molecule has 0 spiro atoms. The van der Waals surface area contributed by atoms with Gasteiger partial charge in [-0.15, -0.1) is 0 Å². The van der Waals surface area contributed by atoms with E-state index in [1.807, 2.05) is 0 Å². The molecule has 0 heterocycles. The first-order chi connectivity index (χ1) is 2.56. The predicted molar refractivity (Wildman–Crippen MR) is 20.3 cm³/mol. The summed E-state index contributed by atoms with van der Waals surface area (Å²) in [6.07, 6.45) is 0. The standard InChI is InChI=1S/CH4O4P.Rh/c2-1-6(3,4)5;/h1,3-5H;/q+1;. The van der Waals surface area contributed by atoms with Gasteiger partial charge in [0, 0.05) is 19.5 Å². The summed E-state index contributed by atoms with van der Waals surface area (Å²) >= 11 is 0. The van der Waals surface area contributed by atoms with Crippen molar-refractivity contribution in [2.24, 2.45) is 0 Å². The molecule has 0 aliphatic heterocycles. The fourth-order valence-electron chi connectivity index (χ4n) is 0. The Labute approximate surface area is 53.5 Å². The molecular weight excluding hydrogens is 210 g/mol. The van der Waals surface area contributed by atoms with Crippen LogP contribution in [-0.4, -0.2) is 20.7 Å². The molecule has 1 radical (unpaired) electrons. The first kappa shape index (κ1) is 10.6. The zero-order valence-corrected chi connectivity index (χ0v) is 5.64. The molecule has 0 aromatic carbocycles. The third kappa shape index (κ3) is 10.8. The van der Waals surface area contributed by atoms with Gasteiger partial charge in [0.15, 0.2) is 0 Å². The summed E-state index contributed by atoms with van der Waals surface area (Å²) in [6, 6.07) is -0.285. The summed E-state index contributed by atoms with van der Waals surface area (Å²) in [5.41, 5.74) is 0. The van der Waals surface area contributed by atoms with Gasteiger partial charge in [-0.2, -0.15) is 14.7 Å². The molecule has 7 heavy (non-hydrogen) atoms. The van der Waals surface area contributed by atoms with Crippen LogP contribution in [0.2, 0.25) is 0 Å². The molecule has 0 fully saturated rings. The molecule has 0 atom stereocenters. The van der Waals surface area contributed by atoms with Crippen LogP contribution in [0.15, 0.2) is 0 Å². The third-order valence-corrected chi connectivity index (χ3v) is 0.424. The topological polar surface area (TPSA) is 77.8 Å². The van der Waals surface area contributed by atoms with Gasteiger partial charge in [-0.3, -0.25) is 0 Å². The summed E-state index contributed by atoms with van der Waals surface area (Å²) in [6.45, 7) is 0. The molecule has 0 saturated carbocycles. The Hall–Kier alpha value is 0.603. The maximum absolute atomic E-state index is 9.13. The SMILES string of the molecule is O=C[P+](O)(O)O.[Rh]. The Morgan fingerprint density at radius 3 is 1.43 bits per heavy atom. The van der Waals surface area contributed by atoms with E-state index < -0.39 is 7.94 Å². The number of hydrogen-bond donors (Lipinski definition) is 3. The molecule has 6 heteroatoms. The Morgan fingerprint density at radius 2 is 1.43 bits per heavy atom. The van der Waals surface area contributed by atoms with Crippen molar-refractivity contribution < 1.29 is 39.0 Å². The number of hydrogen-bond acceptors (Lipinski definition) is 4. The van der Waals surface area contributed by atoms with Crippen molar-refractivity contribution in [3.05, 3.63) is 0 Å². The molecule has 0 aliphatic rings. The van der Waals surface area contributed by atoms with Crippen molar-refractivity contribution in [1.82, 2.24) is 0 Å². The molecule has 0 amide bonds. The zero-order valence-electron chi connectivity index (χ0n) is 3.11. The van der Waals surface area contributed by atoms with Crippen LogP contribution < -0.4 is 0 Å². The molecule has 0 saturated heterocycles. The molecular formula is CH4O4PRh+. The zero-order chi connectivity index (χ0) is 5.21. The Balaban J connectivity index is 0. The molecule has 0 aromatic heterocycles. The monoisotopic (exact) mass is 214 g/mol. The van der Waals surface area contributed by atoms with Gasteiger partial charge in [0.05, 0.1) is 0 Å². The minimum absolute atomic E-state index is 0. The average molecular weight is 214 g/mol. The van der Waals surface area contributed by atoms with E-state index in [-0.39, 0.29) is 25.5 Å². The molecule has 4 nitrogen and oxygen atoms in total. The first-order valence-corrected chi connectivity index (χ1v) is 2.81. The van der Waals surface area contributed by atoms with Gasteiger partial charge < -0.3 is 0 Å². The van der Waals surface area contributed by atoms with Gasteiger partial charge >= 0.3 is 14.0 Å². The van der Waals surface area contributed by atoms with Crippen LogP contribution in [0.25, 0.3) is 0 Å². The summed E-state index contributed by atoms with van der Waals surface area (Å²) in [5.74, 6) is 0. The van der Waals surface area contributed by atoms with E-state index in [1.54, 1.807) is 0 Å². The first-order valence-electron chi connectivity index (χ1n) is 1.09. The summed E-state index contributed by atoms with van der Waals surface area (Å²) < 4.78 is 0. The van der Waals surface area contributed by atoms with E-state index in [9.17, 15) is 0 Å². The minimum Gasteiger partial charge on any atom is -0.247 e. The smallest absolute Gasteiger partial charge is 0.247 e. The molecule has 0 rings (SSSR count). The van der Waals surface area contributed by atoms with Gasteiger partial charge in [0.25, 0.3) is 0 Å². The van der Waals surface area contributed by atoms with E-state index in [0.717, 1.165) is 0 Å². The molecule has 0 bridgehead atoms. The Bertz CT molecular complexity index is 57.2. The van der Waals surface area contributed by atoms with Crippen molar-refractivity contribution in [3.63, 3.8) is 0 Å². The summed E-state index contributed by atoms with van der Waals surface area (Å²) in [5, 5.41) is 0. The quantitative estimate of drug-likeness (QED) is 0.294. The van der Waals surface area contributed by atoms with Crippen LogP contribution in [0, 0.1) is 0 Å². The molecule has 45 valence electrons. The second-order valence-corrected chi connectivity index (χ2v) is 2.16. The average Bonchev–Trinajstić information content (AvgIpc) is 1.35. The maximum atomic E-state index is 9.13. The van der Waals surface area contributed by atoms with Crippen molar-refractivity contribution in [2.75, 3.05) is 0 Å². The van der Waals surface area contributed by atoms with Crippen LogP contribution in [0.1, 0.15) is 0 Å². The second-order valence-electron chi connectivity index (χ2n) is 0.720. The second kappa shape index (κ2) is 3.59.